The molecule has 1 aromatic heterocycles. The number of nitrogens with zero attached hydrogens (tertiary/aromatic N) is 2. The lowest BCUT2D eigenvalue weighted by atomic mass is 9.79. The molecule has 0 fully saturated rings. The summed E-state index contributed by atoms with van der Waals surface area (Å²) in [5.74, 6) is 0.990. The number of alkyl carbamates (subject to hydrolysis) is 1. The van der Waals surface area contributed by atoms with Crippen LogP contribution in [-0.2, 0) is 15.0 Å². The van der Waals surface area contributed by atoms with Gasteiger partial charge in [0, 0.05) is 22.9 Å². The molecule has 1 N–H and O–H groups in total. The molecule has 0 saturated carbocycles. The normalized spacial score (nSPS) is 18.9. The molecule has 1 amide bonds. The van der Waals surface area contributed by atoms with Crippen LogP contribution in [0.15, 0.2) is 65.8 Å². The Morgan fingerprint density at radius 2 is 1.88 bits per heavy atom. The lowest BCUT2D eigenvalue weighted by Crippen LogP contribution is -2.46. The van der Waals surface area contributed by atoms with Gasteiger partial charge in [-0.3, -0.25) is 10.3 Å². The lowest BCUT2D eigenvalue weighted by Gasteiger charge is -2.40. The number of ether oxygens (including phenoxy) is 3. The summed E-state index contributed by atoms with van der Waals surface area (Å²) in [4.78, 5) is 21.2. The molecule has 8 heteroatoms. The highest BCUT2D eigenvalue weighted by Crippen LogP contribution is 2.51. The van der Waals surface area contributed by atoms with E-state index in [1.54, 1.807) is 45.0 Å². The van der Waals surface area contributed by atoms with Crippen LogP contribution in [0.1, 0.15) is 31.9 Å². The molecule has 1 spiro atoms. The van der Waals surface area contributed by atoms with Crippen LogP contribution < -0.4 is 10.1 Å². The Labute approximate surface area is 196 Å². The number of pyridine rings is 1. The van der Waals surface area contributed by atoms with E-state index in [0.717, 1.165) is 5.56 Å². The summed E-state index contributed by atoms with van der Waals surface area (Å²) in [6.07, 6.45) is 0.796. The van der Waals surface area contributed by atoms with E-state index in [9.17, 15) is 9.18 Å². The second kappa shape index (κ2) is 8.22. The van der Waals surface area contributed by atoms with Crippen molar-refractivity contribution < 1.29 is 23.4 Å². The van der Waals surface area contributed by atoms with Crippen molar-refractivity contribution >= 4 is 11.9 Å². The Bertz CT molecular complexity index is 1300. The molecule has 174 valence electrons. The van der Waals surface area contributed by atoms with Gasteiger partial charge in [0.1, 0.15) is 35.1 Å². The van der Waals surface area contributed by atoms with Crippen molar-refractivity contribution in [2.24, 2.45) is 4.99 Å². The van der Waals surface area contributed by atoms with Crippen LogP contribution in [-0.4, -0.2) is 35.7 Å². The standard InChI is InChI=1S/C26H24FN3O4/c1-25(2,3)34-24(31)29-22-14-32-15-26(30-22)18-8-4-5-9-20(18)33-21-11-10-16(13-19(21)26)17-7-6-12-28-23(17)27/h4-13H,14-15H2,1-3H3,(H,29,30,31)/t26-/m0/s1. The summed E-state index contributed by atoms with van der Waals surface area (Å²) >= 11 is 0. The monoisotopic (exact) mass is 461 g/mol. The largest absolute Gasteiger partial charge is 0.457 e. The van der Waals surface area contributed by atoms with Gasteiger partial charge in [-0.25, -0.2) is 9.78 Å². The van der Waals surface area contributed by atoms with Gasteiger partial charge < -0.3 is 14.2 Å². The van der Waals surface area contributed by atoms with Crippen molar-refractivity contribution in [3.63, 3.8) is 0 Å². The average Bonchev–Trinajstić information content (AvgIpc) is 2.79. The van der Waals surface area contributed by atoms with Gasteiger partial charge in [-0.15, -0.1) is 0 Å². The minimum Gasteiger partial charge on any atom is -0.457 e. The first kappa shape index (κ1) is 22.0. The maximum absolute atomic E-state index is 14.5. The molecule has 0 bridgehead atoms. The Hall–Kier alpha value is -3.78. The average molecular weight is 461 g/mol. The zero-order valence-electron chi connectivity index (χ0n) is 19.1. The molecule has 0 saturated heterocycles. The number of hydrogen-bond acceptors (Lipinski definition) is 6. The zero-order valence-corrected chi connectivity index (χ0v) is 19.1. The van der Waals surface area contributed by atoms with E-state index in [-0.39, 0.29) is 13.2 Å². The molecule has 0 aliphatic carbocycles. The van der Waals surface area contributed by atoms with Crippen LogP contribution in [0.5, 0.6) is 11.5 Å². The molecule has 1 atom stereocenters. The minimum atomic E-state index is -0.999. The van der Waals surface area contributed by atoms with Gasteiger partial charge in [0.2, 0.25) is 5.95 Å². The summed E-state index contributed by atoms with van der Waals surface area (Å²) in [5, 5.41) is 2.72. The first-order valence-electron chi connectivity index (χ1n) is 10.9. The third-order valence-electron chi connectivity index (χ3n) is 5.57. The van der Waals surface area contributed by atoms with Gasteiger partial charge in [0.05, 0.1) is 6.61 Å². The van der Waals surface area contributed by atoms with E-state index in [1.807, 2.05) is 30.3 Å². The molecule has 0 unspecified atom stereocenters. The molecular formula is C26H24FN3O4. The second-order valence-electron chi connectivity index (χ2n) is 9.19. The predicted octanol–water partition coefficient (Wildman–Crippen LogP) is 5.19. The van der Waals surface area contributed by atoms with Crippen LogP contribution in [0.4, 0.5) is 9.18 Å². The van der Waals surface area contributed by atoms with Gasteiger partial charge in [0.15, 0.2) is 0 Å². The summed E-state index contributed by atoms with van der Waals surface area (Å²) in [6, 6.07) is 16.3. The van der Waals surface area contributed by atoms with Crippen LogP contribution >= 0.6 is 0 Å². The molecule has 3 aromatic rings. The number of fused-ring (bicyclic) bond motifs is 4. The van der Waals surface area contributed by atoms with Gasteiger partial charge in [-0.1, -0.05) is 24.3 Å². The number of aromatic nitrogens is 1. The minimum absolute atomic E-state index is 0.121. The van der Waals surface area contributed by atoms with Crippen LogP contribution in [0.25, 0.3) is 11.1 Å². The zero-order chi connectivity index (χ0) is 23.9. The number of benzene rings is 2. The Balaban J connectivity index is 1.64. The number of amides is 1. The maximum atomic E-state index is 14.5. The van der Waals surface area contributed by atoms with Crippen LogP contribution in [0, 0.1) is 5.95 Å². The Kier molecular flexibility index (Phi) is 5.32. The third kappa shape index (κ3) is 4.01. The van der Waals surface area contributed by atoms with Gasteiger partial charge in [-0.05, 0) is 56.7 Å². The summed E-state index contributed by atoms with van der Waals surface area (Å²) < 4.78 is 32.0. The number of halogens is 1. The van der Waals surface area contributed by atoms with Crippen LogP contribution in [0.2, 0.25) is 0 Å². The quantitative estimate of drug-likeness (QED) is 0.505. The lowest BCUT2D eigenvalue weighted by molar-refractivity contribution is 0.0545. The smallest absolute Gasteiger partial charge is 0.413 e. The molecule has 2 aromatic carbocycles. The summed E-state index contributed by atoms with van der Waals surface area (Å²) in [5.41, 5.74) is 0.839. The molecule has 7 nitrogen and oxygen atoms in total. The number of nitrogens with one attached hydrogen (secondary N) is 1. The summed E-state index contributed by atoms with van der Waals surface area (Å²) in [6.45, 7) is 5.71. The van der Waals surface area contributed by atoms with Gasteiger partial charge in [-0.2, -0.15) is 4.39 Å². The van der Waals surface area contributed by atoms with Crippen molar-refractivity contribution in [2.75, 3.05) is 13.2 Å². The number of carbonyl (C=O) groups is 1. The fourth-order valence-electron chi connectivity index (χ4n) is 4.22. The van der Waals surface area contributed by atoms with Crippen LogP contribution in [0.3, 0.4) is 0 Å². The fourth-order valence-corrected chi connectivity index (χ4v) is 4.22. The van der Waals surface area contributed by atoms with Crippen molar-refractivity contribution in [2.45, 2.75) is 31.9 Å². The van der Waals surface area contributed by atoms with Gasteiger partial charge >= 0.3 is 6.09 Å². The topological polar surface area (TPSA) is 82.0 Å². The number of carbonyl (C=O) groups excluding carboxylic acids is 1. The van der Waals surface area contributed by atoms with E-state index >= 15 is 0 Å². The van der Waals surface area contributed by atoms with Crippen molar-refractivity contribution in [1.82, 2.24) is 10.3 Å². The number of rotatable bonds is 1. The highest BCUT2D eigenvalue weighted by Gasteiger charge is 2.45. The number of hydrogen-bond donors (Lipinski definition) is 1. The molecule has 3 heterocycles. The SMILES string of the molecule is CC(C)(C)OC(=O)NC1=N[C@@]2(COC1)c1ccccc1Oc1ccc(-c3cccnc3F)cc12. The van der Waals surface area contributed by atoms with E-state index in [2.05, 4.69) is 10.3 Å². The first-order valence-corrected chi connectivity index (χ1v) is 10.9. The van der Waals surface area contributed by atoms with E-state index in [0.29, 0.717) is 34.0 Å². The summed E-state index contributed by atoms with van der Waals surface area (Å²) in [7, 11) is 0. The molecule has 2 aliphatic rings. The Morgan fingerprint density at radius 1 is 1.09 bits per heavy atom. The third-order valence-corrected chi connectivity index (χ3v) is 5.57. The fraction of sp³-hybridized carbons (Fsp3) is 0.269. The number of amidine groups is 1. The van der Waals surface area contributed by atoms with E-state index in [1.165, 1.54) is 6.20 Å². The number of para-hydroxylation sites is 1. The maximum Gasteiger partial charge on any atom is 0.413 e. The highest BCUT2D eigenvalue weighted by molar-refractivity contribution is 5.97. The molecule has 0 radical (unpaired) electrons. The van der Waals surface area contributed by atoms with E-state index in [4.69, 9.17) is 19.2 Å². The Morgan fingerprint density at radius 3 is 2.68 bits per heavy atom. The van der Waals surface area contributed by atoms with Crippen molar-refractivity contribution in [3.05, 3.63) is 77.9 Å². The van der Waals surface area contributed by atoms with Crippen molar-refractivity contribution in [1.29, 1.82) is 0 Å². The number of aliphatic imine (C=N–C) groups is 1. The van der Waals surface area contributed by atoms with Gasteiger partial charge in [0.25, 0.3) is 0 Å². The molecule has 2 aliphatic heterocycles. The van der Waals surface area contributed by atoms with Crippen molar-refractivity contribution in [3.8, 4) is 22.6 Å². The highest BCUT2D eigenvalue weighted by atomic mass is 19.1. The molecule has 34 heavy (non-hydrogen) atoms. The molecule has 5 rings (SSSR count). The van der Waals surface area contributed by atoms with E-state index < -0.39 is 23.2 Å². The first-order chi connectivity index (χ1) is 16.2. The second-order valence-corrected chi connectivity index (χ2v) is 9.19. The predicted molar refractivity (Wildman–Crippen MR) is 125 cm³/mol. The molecular weight excluding hydrogens is 437 g/mol.